The highest BCUT2D eigenvalue weighted by atomic mass is 32.2. The number of para-hydroxylation sites is 1. The molecule has 1 fully saturated rings. The summed E-state index contributed by atoms with van der Waals surface area (Å²) >= 11 is 1.60. The van der Waals surface area contributed by atoms with Gasteiger partial charge in [-0.1, -0.05) is 30.0 Å². The minimum atomic E-state index is -0.0545. The van der Waals surface area contributed by atoms with Crippen LogP contribution in [-0.4, -0.2) is 47.2 Å². The molecule has 20 heavy (non-hydrogen) atoms. The van der Waals surface area contributed by atoms with E-state index in [0.717, 1.165) is 36.7 Å². The molecule has 0 spiro atoms. The van der Waals surface area contributed by atoms with Crippen molar-refractivity contribution in [2.75, 3.05) is 26.2 Å². The summed E-state index contributed by atoms with van der Waals surface area (Å²) in [5, 5.41) is 5.46. The summed E-state index contributed by atoms with van der Waals surface area (Å²) in [6, 6.07) is 10.3. The number of carbonyl (C=O) groups is 1. The number of aromatic nitrogens is 1. The number of nitrogens with zero attached hydrogens (tertiary/aromatic N) is 1. The third-order valence-corrected chi connectivity index (χ3v) is 4.61. The van der Waals surface area contributed by atoms with Gasteiger partial charge < -0.3 is 15.2 Å². The Morgan fingerprint density at radius 2 is 2.05 bits per heavy atom. The molecule has 0 bridgehead atoms. The molecule has 1 saturated heterocycles. The van der Waals surface area contributed by atoms with Gasteiger partial charge in [-0.2, -0.15) is 0 Å². The molecule has 5 heteroatoms. The second-order valence-electron chi connectivity index (χ2n) is 5.06. The Labute approximate surface area is 122 Å². The van der Waals surface area contributed by atoms with Crippen LogP contribution >= 0.6 is 11.8 Å². The van der Waals surface area contributed by atoms with E-state index in [4.69, 9.17) is 0 Å². The molecule has 2 N–H and O–H groups in total. The summed E-state index contributed by atoms with van der Waals surface area (Å²) in [5.74, 6) is 0.232. The summed E-state index contributed by atoms with van der Waals surface area (Å²) in [5.41, 5.74) is 1.12. The molecule has 2 aromatic rings. The van der Waals surface area contributed by atoms with Crippen LogP contribution in [0.25, 0.3) is 10.9 Å². The smallest absolute Gasteiger partial charge is 0.235 e. The van der Waals surface area contributed by atoms with Gasteiger partial charge in [-0.15, -0.1) is 0 Å². The van der Waals surface area contributed by atoms with Gasteiger partial charge in [0.1, 0.15) is 0 Å². The number of thioether (sulfide) groups is 1. The standard InChI is InChI=1S/C15H19N3OS/c1-11(15(19)18-8-6-16-7-9-18)20-14-10-12-4-2-3-5-13(12)17-14/h2-5,10-11,16-17H,6-9H2,1H3. The fourth-order valence-electron chi connectivity index (χ4n) is 2.49. The molecule has 1 unspecified atom stereocenters. The second kappa shape index (κ2) is 5.89. The third kappa shape index (κ3) is 2.83. The Morgan fingerprint density at radius 1 is 1.30 bits per heavy atom. The first kappa shape index (κ1) is 13.5. The Bertz CT molecular complexity index is 571. The lowest BCUT2D eigenvalue weighted by molar-refractivity contribution is -0.130. The Balaban J connectivity index is 1.68. The van der Waals surface area contributed by atoms with E-state index in [-0.39, 0.29) is 11.2 Å². The SMILES string of the molecule is CC(Sc1cc2ccccc2[nH]1)C(=O)N1CCNCC1. The van der Waals surface area contributed by atoms with Crippen molar-refractivity contribution in [3.63, 3.8) is 0 Å². The van der Waals surface area contributed by atoms with Crippen LogP contribution in [0, 0.1) is 0 Å². The molecule has 0 saturated carbocycles. The predicted octanol–water partition coefficient (Wildman–Crippen LogP) is 2.08. The van der Waals surface area contributed by atoms with Gasteiger partial charge >= 0.3 is 0 Å². The minimum Gasteiger partial charge on any atom is -0.350 e. The van der Waals surface area contributed by atoms with E-state index in [1.54, 1.807) is 11.8 Å². The fourth-order valence-corrected chi connectivity index (χ4v) is 3.49. The number of hydrogen-bond donors (Lipinski definition) is 2. The number of benzene rings is 1. The zero-order valence-corrected chi connectivity index (χ0v) is 12.4. The molecule has 1 aliphatic rings. The number of amides is 1. The number of aromatic amines is 1. The molecule has 106 valence electrons. The number of piperazine rings is 1. The van der Waals surface area contributed by atoms with Gasteiger partial charge in [0.15, 0.2) is 0 Å². The maximum absolute atomic E-state index is 12.4. The van der Waals surface area contributed by atoms with Gasteiger partial charge in [0, 0.05) is 37.1 Å². The lowest BCUT2D eigenvalue weighted by Crippen LogP contribution is -2.48. The average molecular weight is 289 g/mol. The van der Waals surface area contributed by atoms with Gasteiger partial charge in [-0.25, -0.2) is 0 Å². The quantitative estimate of drug-likeness (QED) is 0.851. The lowest BCUT2D eigenvalue weighted by Gasteiger charge is -2.29. The Hall–Kier alpha value is -1.46. The van der Waals surface area contributed by atoms with E-state index in [2.05, 4.69) is 28.5 Å². The molecule has 1 aliphatic heterocycles. The first-order valence-corrected chi connectivity index (χ1v) is 7.86. The highest BCUT2D eigenvalue weighted by Crippen LogP contribution is 2.27. The minimum absolute atomic E-state index is 0.0545. The highest BCUT2D eigenvalue weighted by molar-refractivity contribution is 8.00. The van der Waals surface area contributed by atoms with Gasteiger partial charge in [0.2, 0.25) is 5.91 Å². The molecule has 3 rings (SSSR count). The number of fused-ring (bicyclic) bond motifs is 1. The molecule has 1 aromatic heterocycles. The molecule has 2 heterocycles. The first-order valence-electron chi connectivity index (χ1n) is 6.98. The molecular formula is C15H19N3OS. The molecular weight excluding hydrogens is 270 g/mol. The molecule has 0 radical (unpaired) electrons. The molecule has 1 atom stereocenters. The van der Waals surface area contributed by atoms with Crippen LogP contribution in [0.1, 0.15) is 6.92 Å². The van der Waals surface area contributed by atoms with Crippen LogP contribution in [0.4, 0.5) is 0 Å². The first-order chi connectivity index (χ1) is 9.74. The maximum atomic E-state index is 12.4. The summed E-state index contributed by atoms with van der Waals surface area (Å²) < 4.78 is 0. The largest absolute Gasteiger partial charge is 0.350 e. The lowest BCUT2D eigenvalue weighted by atomic mass is 10.3. The molecule has 4 nitrogen and oxygen atoms in total. The van der Waals surface area contributed by atoms with E-state index in [1.807, 2.05) is 24.0 Å². The van der Waals surface area contributed by atoms with Crippen LogP contribution in [0.5, 0.6) is 0 Å². The molecule has 1 aromatic carbocycles. The van der Waals surface area contributed by atoms with Crippen LogP contribution in [0.15, 0.2) is 35.4 Å². The molecule has 0 aliphatic carbocycles. The monoisotopic (exact) mass is 289 g/mol. The third-order valence-electron chi connectivity index (χ3n) is 3.59. The van der Waals surface area contributed by atoms with E-state index >= 15 is 0 Å². The van der Waals surface area contributed by atoms with E-state index in [0.29, 0.717) is 0 Å². The van der Waals surface area contributed by atoms with Crippen LogP contribution in [0.2, 0.25) is 0 Å². The van der Waals surface area contributed by atoms with Gasteiger partial charge in [0.05, 0.1) is 10.3 Å². The topological polar surface area (TPSA) is 48.1 Å². The van der Waals surface area contributed by atoms with Gasteiger partial charge in [-0.05, 0) is 19.1 Å². The van der Waals surface area contributed by atoms with Crippen LogP contribution in [-0.2, 0) is 4.79 Å². The molecule has 1 amide bonds. The number of rotatable bonds is 3. The van der Waals surface area contributed by atoms with E-state index in [9.17, 15) is 4.79 Å². The van der Waals surface area contributed by atoms with Crippen molar-refractivity contribution in [2.24, 2.45) is 0 Å². The average Bonchev–Trinajstić information content (AvgIpc) is 2.89. The Morgan fingerprint density at radius 3 is 2.80 bits per heavy atom. The van der Waals surface area contributed by atoms with Crippen molar-refractivity contribution in [3.8, 4) is 0 Å². The maximum Gasteiger partial charge on any atom is 0.235 e. The number of hydrogen-bond acceptors (Lipinski definition) is 3. The van der Waals surface area contributed by atoms with E-state index < -0.39 is 0 Å². The van der Waals surface area contributed by atoms with Gasteiger partial charge in [0.25, 0.3) is 0 Å². The number of nitrogens with one attached hydrogen (secondary N) is 2. The van der Waals surface area contributed by atoms with Crippen molar-refractivity contribution in [1.29, 1.82) is 0 Å². The zero-order valence-electron chi connectivity index (χ0n) is 11.6. The summed E-state index contributed by atoms with van der Waals surface area (Å²) in [4.78, 5) is 17.7. The highest BCUT2D eigenvalue weighted by Gasteiger charge is 2.23. The summed E-state index contributed by atoms with van der Waals surface area (Å²) in [6.45, 7) is 5.42. The normalized spacial score (nSPS) is 17.4. The number of carbonyl (C=O) groups excluding carboxylic acids is 1. The predicted molar refractivity (Wildman–Crippen MR) is 83.1 cm³/mol. The summed E-state index contributed by atoms with van der Waals surface area (Å²) in [6.07, 6.45) is 0. The van der Waals surface area contributed by atoms with Crippen LogP contribution < -0.4 is 5.32 Å². The van der Waals surface area contributed by atoms with Gasteiger partial charge in [-0.3, -0.25) is 4.79 Å². The van der Waals surface area contributed by atoms with Crippen molar-refractivity contribution in [1.82, 2.24) is 15.2 Å². The van der Waals surface area contributed by atoms with Crippen molar-refractivity contribution in [2.45, 2.75) is 17.2 Å². The fraction of sp³-hybridized carbons (Fsp3) is 0.400. The van der Waals surface area contributed by atoms with Crippen molar-refractivity contribution >= 4 is 28.6 Å². The van der Waals surface area contributed by atoms with E-state index in [1.165, 1.54) is 5.39 Å². The zero-order chi connectivity index (χ0) is 13.9. The van der Waals surface area contributed by atoms with Crippen molar-refractivity contribution < 1.29 is 4.79 Å². The van der Waals surface area contributed by atoms with Crippen molar-refractivity contribution in [3.05, 3.63) is 30.3 Å². The van der Waals surface area contributed by atoms with Crippen LogP contribution in [0.3, 0.4) is 0 Å². The number of H-pyrrole nitrogens is 1. The summed E-state index contributed by atoms with van der Waals surface area (Å²) in [7, 11) is 0. The second-order valence-corrected chi connectivity index (χ2v) is 6.44. The Kier molecular flexibility index (Phi) is 3.98.